The molecule has 0 saturated heterocycles. The standard InChI is InChI=1S/C24H25N9O5S/c1-3-32-18(10-13(2)30-32)22(36)29-24-28-16-12-19(21(26)35)39-23(16)31(24)9-5-4-8-27-15-7-6-14(20(25)34)11-17(15)33(37)38/h4-7,10-12,27H,3,8-9H2,1-2H3,(H2,25,34)(H2,26,35)(H,28,29,36)/b5-4+. The van der Waals surface area contributed by atoms with Crippen molar-refractivity contribution in [3.05, 3.63) is 74.4 Å². The molecule has 202 valence electrons. The average molecular weight is 552 g/mol. The second-order valence-electron chi connectivity index (χ2n) is 8.36. The molecule has 0 radical (unpaired) electrons. The van der Waals surface area contributed by atoms with Gasteiger partial charge in [-0.3, -0.25) is 39.1 Å². The summed E-state index contributed by atoms with van der Waals surface area (Å²) in [4.78, 5) is 52.3. The van der Waals surface area contributed by atoms with Gasteiger partial charge in [0, 0.05) is 31.3 Å². The second kappa shape index (κ2) is 11.1. The maximum atomic E-state index is 13.0. The van der Waals surface area contributed by atoms with E-state index >= 15 is 0 Å². The molecule has 0 atom stereocenters. The highest BCUT2D eigenvalue weighted by molar-refractivity contribution is 7.20. The van der Waals surface area contributed by atoms with Gasteiger partial charge in [-0.1, -0.05) is 12.2 Å². The second-order valence-corrected chi connectivity index (χ2v) is 9.39. The first-order valence-corrected chi connectivity index (χ1v) is 12.5. The van der Waals surface area contributed by atoms with Crippen molar-refractivity contribution in [2.75, 3.05) is 17.2 Å². The number of nitrogens with zero attached hydrogens (tertiary/aromatic N) is 5. The lowest BCUT2D eigenvalue weighted by molar-refractivity contribution is -0.384. The van der Waals surface area contributed by atoms with Crippen molar-refractivity contribution in [3.8, 4) is 0 Å². The number of primary amides is 2. The lowest BCUT2D eigenvalue weighted by Gasteiger charge is -2.09. The molecule has 0 aliphatic rings. The first kappa shape index (κ1) is 27.0. The fraction of sp³-hybridized carbons (Fsp3) is 0.208. The Morgan fingerprint density at radius 2 is 1.92 bits per heavy atom. The van der Waals surface area contributed by atoms with Crippen molar-refractivity contribution in [1.29, 1.82) is 0 Å². The van der Waals surface area contributed by atoms with Crippen LogP contribution in [0.15, 0.2) is 42.5 Å². The van der Waals surface area contributed by atoms with Gasteiger partial charge >= 0.3 is 0 Å². The molecular weight excluding hydrogens is 526 g/mol. The number of hydrogen-bond acceptors (Lipinski definition) is 9. The van der Waals surface area contributed by atoms with Crippen molar-refractivity contribution < 1.29 is 19.3 Å². The number of thiophene rings is 1. The number of allylic oxidation sites excluding steroid dienone is 1. The number of carbonyl (C=O) groups is 3. The number of nitrogens with one attached hydrogen (secondary N) is 2. The van der Waals surface area contributed by atoms with Crippen molar-refractivity contribution in [1.82, 2.24) is 19.3 Å². The van der Waals surface area contributed by atoms with Crippen LogP contribution in [-0.2, 0) is 13.1 Å². The van der Waals surface area contributed by atoms with Crippen LogP contribution < -0.4 is 22.1 Å². The van der Waals surface area contributed by atoms with Crippen molar-refractivity contribution >= 4 is 56.7 Å². The zero-order valence-electron chi connectivity index (χ0n) is 21.0. The Morgan fingerprint density at radius 3 is 2.59 bits per heavy atom. The minimum absolute atomic E-state index is 0.0323. The Hall–Kier alpha value is -5.05. The zero-order valence-corrected chi connectivity index (χ0v) is 21.8. The lowest BCUT2D eigenvalue weighted by Crippen LogP contribution is -2.20. The third-order valence-electron chi connectivity index (χ3n) is 5.67. The summed E-state index contributed by atoms with van der Waals surface area (Å²) in [5.41, 5.74) is 12.2. The molecule has 4 aromatic rings. The molecule has 0 unspecified atom stereocenters. The summed E-state index contributed by atoms with van der Waals surface area (Å²) < 4.78 is 3.32. The number of nitrogens with two attached hydrogens (primary N) is 2. The van der Waals surface area contributed by atoms with Gasteiger partial charge in [0.05, 0.1) is 15.5 Å². The van der Waals surface area contributed by atoms with Crippen molar-refractivity contribution in [2.24, 2.45) is 11.5 Å². The van der Waals surface area contributed by atoms with Gasteiger partial charge in [-0.25, -0.2) is 4.98 Å². The Kier molecular flexibility index (Phi) is 7.71. The quantitative estimate of drug-likeness (QED) is 0.123. The van der Waals surface area contributed by atoms with E-state index in [9.17, 15) is 24.5 Å². The summed E-state index contributed by atoms with van der Waals surface area (Å²) in [5.74, 6) is -1.46. The van der Waals surface area contributed by atoms with E-state index < -0.39 is 16.7 Å². The fourth-order valence-corrected chi connectivity index (χ4v) is 4.81. The summed E-state index contributed by atoms with van der Waals surface area (Å²) in [7, 11) is 0. The number of fused-ring (bicyclic) bond motifs is 1. The van der Waals surface area contributed by atoms with Crippen LogP contribution >= 0.6 is 11.3 Å². The van der Waals surface area contributed by atoms with E-state index in [2.05, 4.69) is 20.7 Å². The minimum atomic E-state index is -0.763. The summed E-state index contributed by atoms with van der Waals surface area (Å²) >= 11 is 1.15. The van der Waals surface area contributed by atoms with Gasteiger partial charge in [-0.05, 0) is 38.1 Å². The van der Waals surface area contributed by atoms with Crippen LogP contribution in [0, 0.1) is 17.0 Å². The van der Waals surface area contributed by atoms with E-state index in [1.165, 1.54) is 12.1 Å². The number of hydrogen-bond donors (Lipinski definition) is 4. The Labute approximate surface area is 225 Å². The van der Waals surface area contributed by atoms with Gasteiger partial charge in [0.2, 0.25) is 11.9 Å². The van der Waals surface area contributed by atoms with E-state index in [1.54, 1.807) is 40.5 Å². The topological polar surface area (TPSA) is 206 Å². The van der Waals surface area contributed by atoms with Gasteiger partial charge in [-0.2, -0.15) is 5.10 Å². The number of anilines is 2. The molecule has 0 fully saturated rings. The summed E-state index contributed by atoms with van der Waals surface area (Å²) in [5, 5.41) is 21.5. The van der Waals surface area contributed by atoms with Crippen LogP contribution in [0.25, 0.3) is 10.3 Å². The molecule has 0 saturated carbocycles. The molecule has 15 heteroatoms. The minimum Gasteiger partial charge on any atom is -0.376 e. The van der Waals surface area contributed by atoms with Gasteiger partial charge in [0.15, 0.2) is 0 Å². The number of aromatic nitrogens is 4. The van der Waals surface area contributed by atoms with E-state index in [0.29, 0.717) is 33.2 Å². The highest BCUT2D eigenvalue weighted by Gasteiger charge is 2.20. The predicted molar refractivity (Wildman–Crippen MR) is 146 cm³/mol. The zero-order chi connectivity index (χ0) is 28.3. The molecule has 14 nitrogen and oxygen atoms in total. The van der Waals surface area contributed by atoms with E-state index in [0.717, 1.165) is 17.4 Å². The van der Waals surface area contributed by atoms with Crippen LogP contribution in [0.4, 0.5) is 17.3 Å². The number of aryl methyl sites for hydroxylation is 2. The normalized spacial score (nSPS) is 11.2. The molecule has 3 amide bonds. The third-order valence-corrected chi connectivity index (χ3v) is 6.83. The van der Waals surface area contributed by atoms with E-state index in [-0.39, 0.29) is 41.9 Å². The number of nitro benzene ring substituents is 1. The van der Waals surface area contributed by atoms with Gasteiger partial charge in [0.1, 0.15) is 21.7 Å². The van der Waals surface area contributed by atoms with Crippen LogP contribution in [0.2, 0.25) is 0 Å². The molecule has 4 rings (SSSR count). The lowest BCUT2D eigenvalue weighted by atomic mass is 10.1. The number of nitro groups is 1. The summed E-state index contributed by atoms with van der Waals surface area (Å²) in [6.07, 6.45) is 3.51. The number of amides is 3. The molecule has 3 aromatic heterocycles. The number of carbonyl (C=O) groups excluding carboxylic acids is 3. The predicted octanol–water partition coefficient (Wildman–Crippen LogP) is 2.65. The van der Waals surface area contributed by atoms with Crippen molar-refractivity contribution in [3.63, 3.8) is 0 Å². The first-order chi connectivity index (χ1) is 18.6. The van der Waals surface area contributed by atoms with Crippen LogP contribution in [0.5, 0.6) is 0 Å². The molecular formula is C24H25N9O5S. The Bertz CT molecular complexity index is 1630. The monoisotopic (exact) mass is 551 g/mol. The number of benzene rings is 1. The first-order valence-electron chi connectivity index (χ1n) is 11.7. The molecule has 39 heavy (non-hydrogen) atoms. The Balaban J connectivity index is 1.54. The van der Waals surface area contributed by atoms with Crippen LogP contribution in [0.3, 0.4) is 0 Å². The van der Waals surface area contributed by atoms with Crippen LogP contribution in [0.1, 0.15) is 43.1 Å². The van der Waals surface area contributed by atoms with E-state index in [4.69, 9.17) is 11.5 Å². The van der Waals surface area contributed by atoms with E-state index in [1.807, 2.05) is 6.92 Å². The largest absolute Gasteiger partial charge is 0.376 e. The van der Waals surface area contributed by atoms with Crippen LogP contribution in [-0.4, -0.2) is 48.5 Å². The van der Waals surface area contributed by atoms with Gasteiger partial charge in [0.25, 0.3) is 17.5 Å². The molecule has 0 bridgehead atoms. The summed E-state index contributed by atoms with van der Waals surface area (Å²) in [6, 6.07) is 7.18. The maximum Gasteiger partial charge on any atom is 0.293 e. The highest BCUT2D eigenvalue weighted by Crippen LogP contribution is 2.29. The highest BCUT2D eigenvalue weighted by atomic mass is 32.1. The maximum absolute atomic E-state index is 13.0. The molecule has 3 heterocycles. The van der Waals surface area contributed by atoms with Gasteiger partial charge in [-0.15, -0.1) is 11.3 Å². The average Bonchev–Trinajstić information content (AvgIpc) is 3.56. The number of imidazole rings is 1. The summed E-state index contributed by atoms with van der Waals surface area (Å²) in [6.45, 7) is 4.68. The Morgan fingerprint density at radius 1 is 1.15 bits per heavy atom. The number of rotatable bonds is 11. The fourth-order valence-electron chi connectivity index (χ4n) is 3.85. The molecule has 0 aliphatic carbocycles. The SMILES string of the molecule is CCn1nc(C)cc1C(=O)Nc1nc2cc(C(N)=O)sc2n1C/C=C/CNc1ccc(C(N)=O)cc1[N+](=O)[O-]. The molecule has 0 spiro atoms. The molecule has 1 aromatic carbocycles. The van der Waals surface area contributed by atoms with Gasteiger partial charge < -0.3 is 16.8 Å². The molecule has 6 N–H and O–H groups in total. The molecule has 0 aliphatic heterocycles. The van der Waals surface area contributed by atoms with Crippen molar-refractivity contribution in [2.45, 2.75) is 26.9 Å². The smallest absolute Gasteiger partial charge is 0.293 e. The third kappa shape index (κ3) is 5.77.